The van der Waals surface area contributed by atoms with E-state index in [1.807, 2.05) is 30.3 Å². The lowest BCUT2D eigenvalue weighted by molar-refractivity contribution is 0.0946. The van der Waals surface area contributed by atoms with E-state index in [0.29, 0.717) is 0 Å². The van der Waals surface area contributed by atoms with Gasteiger partial charge >= 0.3 is 0 Å². The van der Waals surface area contributed by atoms with Gasteiger partial charge in [0.15, 0.2) is 5.78 Å². The van der Waals surface area contributed by atoms with Crippen LogP contribution in [0.25, 0.3) is 0 Å². The third-order valence-corrected chi connectivity index (χ3v) is 3.58. The van der Waals surface area contributed by atoms with Gasteiger partial charge in [0.1, 0.15) is 5.75 Å². The molecule has 0 unspecified atom stereocenters. The van der Waals surface area contributed by atoms with Gasteiger partial charge in [-0.3, -0.25) is 4.79 Å². The summed E-state index contributed by atoms with van der Waals surface area (Å²) in [6.45, 7) is 0. The first-order valence-corrected chi connectivity index (χ1v) is 6.17. The molecule has 0 fully saturated rings. The van der Waals surface area contributed by atoms with Gasteiger partial charge in [-0.1, -0.05) is 30.3 Å². The van der Waals surface area contributed by atoms with Gasteiger partial charge in [-0.25, -0.2) is 0 Å². The molecule has 2 aromatic rings. The highest BCUT2D eigenvalue weighted by molar-refractivity contribution is 6.03. The topological polar surface area (TPSA) is 37.3 Å². The van der Waals surface area contributed by atoms with Gasteiger partial charge in [-0.15, -0.1) is 0 Å². The first-order chi connectivity index (χ1) is 8.75. The van der Waals surface area contributed by atoms with Crippen LogP contribution in [0.1, 0.15) is 33.8 Å². The van der Waals surface area contributed by atoms with Gasteiger partial charge < -0.3 is 5.11 Å². The van der Waals surface area contributed by atoms with Crippen molar-refractivity contribution in [3.63, 3.8) is 0 Å². The Morgan fingerprint density at radius 2 is 1.83 bits per heavy atom. The average molecular weight is 238 g/mol. The van der Waals surface area contributed by atoms with Crippen molar-refractivity contribution in [2.24, 2.45) is 0 Å². The van der Waals surface area contributed by atoms with E-state index in [2.05, 4.69) is 0 Å². The number of aryl methyl sites for hydroxylation is 1. The lowest BCUT2D eigenvalue weighted by atomic mass is 9.79. The molecule has 18 heavy (non-hydrogen) atoms. The Hall–Kier alpha value is -2.09. The van der Waals surface area contributed by atoms with Crippen molar-refractivity contribution in [3.8, 4) is 5.75 Å². The molecule has 3 rings (SSSR count). The number of phenolic OH excluding ortho intramolecular Hbond substituents is 1. The normalized spacial score (nSPS) is 18.4. The minimum atomic E-state index is -0.0387. The second-order valence-corrected chi connectivity index (χ2v) is 4.71. The van der Waals surface area contributed by atoms with Crippen LogP contribution in [0.2, 0.25) is 0 Å². The lowest BCUT2D eigenvalue weighted by Gasteiger charge is -2.23. The molecule has 0 heterocycles. The van der Waals surface area contributed by atoms with Crippen LogP contribution in [0.5, 0.6) is 5.75 Å². The molecular weight excluding hydrogens is 224 g/mol. The molecule has 1 N–H and O–H groups in total. The second-order valence-electron chi connectivity index (χ2n) is 4.71. The van der Waals surface area contributed by atoms with E-state index in [-0.39, 0.29) is 17.5 Å². The molecule has 0 saturated heterocycles. The van der Waals surface area contributed by atoms with Crippen molar-refractivity contribution in [3.05, 3.63) is 65.2 Å². The molecule has 0 spiro atoms. The Labute approximate surface area is 106 Å². The summed E-state index contributed by atoms with van der Waals surface area (Å²) in [6, 6.07) is 14.9. The predicted molar refractivity (Wildman–Crippen MR) is 69.9 cm³/mol. The SMILES string of the molecule is O=C1c2ccc(O)cc2CC[C@H]1c1ccccc1. The maximum atomic E-state index is 12.4. The molecule has 0 amide bonds. The summed E-state index contributed by atoms with van der Waals surface area (Å²) in [7, 11) is 0. The Balaban J connectivity index is 2.00. The minimum Gasteiger partial charge on any atom is -0.508 e. The van der Waals surface area contributed by atoms with Crippen LogP contribution >= 0.6 is 0 Å². The van der Waals surface area contributed by atoms with Crippen molar-refractivity contribution in [2.45, 2.75) is 18.8 Å². The molecule has 0 bridgehead atoms. The summed E-state index contributed by atoms with van der Waals surface area (Å²) in [4.78, 5) is 12.4. The standard InChI is InChI=1S/C16H14O2/c17-13-7-9-15-12(10-13)6-8-14(16(15)18)11-4-2-1-3-5-11/h1-5,7,9-10,14,17H,6,8H2/t14-/m0/s1. The highest BCUT2D eigenvalue weighted by Gasteiger charge is 2.28. The maximum Gasteiger partial charge on any atom is 0.170 e. The molecule has 0 aliphatic heterocycles. The van der Waals surface area contributed by atoms with Crippen LogP contribution in [-0.4, -0.2) is 10.9 Å². The van der Waals surface area contributed by atoms with E-state index < -0.39 is 0 Å². The Morgan fingerprint density at radius 3 is 2.61 bits per heavy atom. The number of carbonyl (C=O) groups is 1. The van der Waals surface area contributed by atoms with Gasteiger partial charge in [0.2, 0.25) is 0 Å². The zero-order valence-corrected chi connectivity index (χ0v) is 9.97. The van der Waals surface area contributed by atoms with E-state index in [9.17, 15) is 9.90 Å². The number of ketones is 1. The molecule has 2 aromatic carbocycles. The highest BCUT2D eigenvalue weighted by Crippen LogP contribution is 2.33. The van der Waals surface area contributed by atoms with Gasteiger partial charge in [0.05, 0.1) is 0 Å². The summed E-state index contributed by atoms with van der Waals surface area (Å²) >= 11 is 0. The molecule has 0 radical (unpaired) electrons. The molecule has 0 aromatic heterocycles. The van der Waals surface area contributed by atoms with Gasteiger partial charge in [0, 0.05) is 11.5 Å². The number of hydrogen-bond acceptors (Lipinski definition) is 2. The second kappa shape index (κ2) is 4.30. The largest absolute Gasteiger partial charge is 0.508 e. The van der Waals surface area contributed by atoms with Crippen LogP contribution in [0.15, 0.2) is 48.5 Å². The predicted octanol–water partition coefficient (Wildman–Crippen LogP) is 3.30. The van der Waals surface area contributed by atoms with Crippen molar-refractivity contribution in [1.29, 1.82) is 0 Å². The van der Waals surface area contributed by atoms with Gasteiger partial charge in [-0.05, 0) is 42.2 Å². The number of carbonyl (C=O) groups excluding carboxylic acids is 1. The first-order valence-electron chi connectivity index (χ1n) is 6.17. The molecule has 90 valence electrons. The third-order valence-electron chi connectivity index (χ3n) is 3.58. The summed E-state index contributed by atoms with van der Waals surface area (Å²) in [5, 5.41) is 9.45. The summed E-state index contributed by atoms with van der Waals surface area (Å²) in [5.41, 5.74) is 2.81. The maximum absolute atomic E-state index is 12.4. The molecule has 1 aliphatic carbocycles. The number of Topliss-reactive ketones (excluding diaryl/α,β-unsaturated/α-hetero) is 1. The molecule has 1 atom stereocenters. The zero-order chi connectivity index (χ0) is 12.5. The van der Waals surface area contributed by atoms with E-state index >= 15 is 0 Å². The van der Waals surface area contributed by atoms with E-state index in [4.69, 9.17) is 0 Å². The summed E-state index contributed by atoms with van der Waals surface area (Å²) < 4.78 is 0. The van der Waals surface area contributed by atoms with Gasteiger partial charge in [0.25, 0.3) is 0 Å². The number of rotatable bonds is 1. The monoisotopic (exact) mass is 238 g/mol. The zero-order valence-electron chi connectivity index (χ0n) is 9.97. The number of aromatic hydroxyl groups is 1. The van der Waals surface area contributed by atoms with Crippen LogP contribution in [0.4, 0.5) is 0 Å². The smallest absolute Gasteiger partial charge is 0.170 e. The first kappa shape index (κ1) is 11.0. The van der Waals surface area contributed by atoms with Crippen LogP contribution < -0.4 is 0 Å². The Kier molecular flexibility index (Phi) is 2.63. The Morgan fingerprint density at radius 1 is 1.06 bits per heavy atom. The molecule has 2 heteroatoms. The fraction of sp³-hybridized carbons (Fsp3) is 0.188. The number of hydrogen-bond donors (Lipinski definition) is 1. The fourth-order valence-electron chi connectivity index (χ4n) is 2.65. The van der Waals surface area contributed by atoms with Crippen LogP contribution in [-0.2, 0) is 6.42 Å². The highest BCUT2D eigenvalue weighted by atomic mass is 16.3. The number of benzene rings is 2. The molecular formula is C16H14O2. The van der Waals surface area contributed by atoms with Crippen molar-refractivity contribution >= 4 is 5.78 Å². The van der Waals surface area contributed by atoms with E-state index in [1.54, 1.807) is 18.2 Å². The number of fused-ring (bicyclic) bond motifs is 1. The van der Waals surface area contributed by atoms with Crippen LogP contribution in [0, 0.1) is 0 Å². The molecule has 0 saturated carbocycles. The van der Waals surface area contributed by atoms with E-state index in [1.165, 1.54) is 0 Å². The fourth-order valence-corrected chi connectivity index (χ4v) is 2.65. The molecule has 1 aliphatic rings. The summed E-state index contributed by atoms with van der Waals surface area (Å²) in [5.74, 6) is 0.366. The van der Waals surface area contributed by atoms with Crippen molar-refractivity contribution < 1.29 is 9.90 Å². The summed E-state index contributed by atoms with van der Waals surface area (Å²) in [6.07, 6.45) is 1.66. The molecule has 2 nitrogen and oxygen atoms in total. The quantitative estimate of drug-likeness (QED) is 0.827. The third kappa shape index (κ3) is 1.80. The Bertz CT molecular complexity index is 587. The lowest BCUT2D eigenvalue weighted by Crippen LogP contribution is -2.20. The van der Waals surface area contributed by atoms with Crippen molar-refractivity contribution in [2.75, 3.05) is 0 Å². The van der Waals surface area contributed by atoms with E-state index in [0.717, 1.165) is 29.5 Å². The minimum absolute atomic E-state index is 0.0387. The number of phenols is 1. The van der Waals surface area contributed by atoms with Gasteiger partial charge in [-0.2, -0.15) is 0 Å². The average Bonchev–Trinajstić information content (AvgIpc) is 2.40. The van der Waals surface area contributed by atoms with Crippen molar-refractivity contribution in [1.82, 2.24) is 0 Å². The van der Waals surface area contributed by atoms with Crippen LogP contribution in [0.3, 0.4) is 0 Å².